The van der Waals surface area contributed by atoms with Crippen LogP contribution in [0.25, 0.3) is 11.0 Å². The first-order valence-corrected chi connectivity index (χ1v) is 10.9. The van der Waals surface area contributed by atoms with Gasteiger partial charge in [0.15, 0.2) is 11.5 Å². The van der Waals surface area contributed by atoms with Crippen LogP contribution in [0.4, 0.5) is 11.5 Å². The zero-order chi connectivity index (χ0) is 22.1. The second kappa shape index (κ2) is 8.71. The van der Waals surface area contributed by atoms with Gasteiger partial charge in [0.25, 0.3) is 0 Å². The zero-order valence-corrected chi connectivity index (χ0v) is 19.1. The summed E-state index contributed by atoms with van der Waals surface area (Å²) in [5.74, 6) is 0.155. The van der Waals surface area contributed by atoms with Crippen LogP contribution in [0.5, 0.6) is 0 Å². The number of aryl methyl sites for hydroxylation is 2. The summed E-state index contributed by atoms with van der Waals surface area (Å²) in [6, 6.07) is 11.9. The van der Waals surface area contributed by atoms with Gasteiger partial charge in [0.05, 0.1) is 17.1 Å². The Bertz CT molecular complexity index is 1120. The molecule has 1 saturated heterocycles. The lowest BCUT2D eigenvalue weighted by Gasteiger charge is -2.37. The Kier molecular flexibility index (Phi) is 6.01. The van der Waals surface area contributed by atoms with Crippen LogP contribution in [0.3, 0.4) is 0 Å². The number of benzene rings is 2. The Hall–Kier alpha value is -2.86. The number of piperazine rings is 1. The van der Waals surface area contributed by atoms with E-state index in [1.165, 1.54) is 0 Å². The fourth-order valence-electron chi connectivity index (χ4n) is 3.78. The highest BCUT2D eigenvalue weighted by Gasteiger charge is 2.26. The van der Waals surface area contributed by atoms with Gasteiger partial charge in [-0.3, -0.25) is 0 Å². The molecular formula is C24H27ClN4O2. The minimum Gasteiger partial charge on any atom is -0.458 e. The molecule has 1 aromatic heterocycles. The molecule has 31 heavy (non-hydrogen) atoms. The number of ether oxygens (including phenoxy) is 1. The van der Waals surface area contributed by atoms with Crippen LogP contribution in [-0.2, 0) is 4.74 Å². The average Bonchev–Trinajstić information content (AvgIpc) is 2.73. The van der Waals surface area contributed by atoms with Crippen molar-refractivity contribution in [2.75, 3.05) is 36.0 Å². The first-order valence-electron chi connectivity index (χ1n) is 10.6. The lowest BCUT2D eigenvalue weighted by molar-refractivity contribution is 0.0371. The van der Waals surface area contributed by atoms with Crippen molar-refractivity contribution < 1.29 is 9.53 Å². The van der Waals surface area contributed by atoms with Crippen molar-refractivity contribution in [1.82, 2.24) is 9.97 Å². The number of halogens is 1. The van der Waals surface area contributed by atoms with Crippen LogP contribution < -0.4 is 9.80 Å². The Morgan fingerprint density at radius 2 is 1.58 bits per heavy atom. The van der Waals surface area contributed by atoms with Gasteiger partial charge in [0, 0.05) is 36.9 Å². The molecule has 2 heterocycles. The highest BCUT2D eigenvalue weighted by Crippen LogP contribution is 2.27. The number of fused-ring (bicyclic) bond motifs is 1. The highest BCUT2D eigenvalue weighted by atomic mass is 35.5. The van der Waals surface area contributed by atoms with Crippen molar-refractivity contribution >= 4 is 40.1 Å². The molecule has 0 N–H and O–H groups in total. The first-order chi connectivity index (χ1) is 14.8. The van der Waals surface area contributed by atoms with Crippen LogP contribution >= 0.6 is 11.6 Å². The summed E-state index contributed by atoms with van der Waals surface area (Å²) in [5, 5.41) is 0.727. The molecule has 1 aliphatic heterocycles. The third kappa shape index (κ3) is 4.59. The summed E-state index contributed by atoms with van der Waals surface area (Å²) in [5.41, 5.74) is 5.14. The first kappa shape index (κ1) is 21.4. The summed E-state index contributed by atoms with van der Waals surface area (Å²) in [7, 11) is 0. The average molecular weight is 439 g/mol. The number of carbonyl (C=O) groups excluding carboxylic acids is 1. The lowest BCUT2D eigenvalue weighted by atomic mass is 10.1. The molecular weight excluding hydrogens is 412 g/mol. The van der Waals surface area contributed by atoms with Crippen LogP contribution in [-0.4, -0.2) is 48.2 Å². The fourth-order valence-corrected chi connectivity index (χ4v) is 3.96. The predicted octanol–water partition coefficient (Wildman–Crippen LogP) is 4.79. The Morgan fingerprint density at radius 3 is 2.19 bits per heavy atom. The van der Waals surface area contributed by atoms with Crippen molar-refractivity contribution in [3.8, 4) is 0 Å². The fraction of sp³-hybridized carbons (Fsp3) is 0.375. The number of nitrogens with zero attached hydrogens (tertiary/aromatic N) is 4. The van der Waals surface area contributed by atoms with Gasteiger partial charge in [-0.25, -0.2) is 14.8 Å². The molecule has 0 amide bonds. The van der Waals surface area contributed by atoms with Crippen LogP contribution in [0, 0.1) is 13.8 Å². The van der Waals surface area contributed by atoms with E-state index in [9.17, 15) is 4.79 Å². The van der Waals surface area contributed by atoms with E-state index in [1.54, 1.807) is 0 Å². The lowest BCUT2D eigenvalue weighted by Crippen LogP contribution is -2.47. The molecule has 4 rings (SSSR count). The molecule has 7 heteroatoms. The number of hydrogen-bond acceptors (Lipinski definition) is 6. The van der Waals surface area contributed by atoms with E-state index in [4.69, 9.17) is 21.3 Å². The summed E-state index contributed by atoms with van der Waals surface area (Å²) < 4.78 is 5.48. The minimum atomic E-state index is -0.435. The van der Waals surface area contributed by atoms with Gasteiger partial charge in [0.2, 0.25) is 0 Å². The van der Waals surface area contributed by atoms with Crippen molar-refractivity contribution in [1.29, 1.82) is 0 Å². The molecule has 1 fully saturated rings. The zero-order valence-electron chi connectivity index (χ0n) is 18.4. The van der Waals surface area contributed by atoms with E-state index in [1.807, 2.05) is 51.1 Å². The van der Waals surface area contributed by atoms with E-state index in [0.717, 1.165) is 53.5 Å². The minimum absolute atomic E-state index is 0.225. The molecule has 6 nitrogen and oxygen atoms in total. The molecule has 2 aromatic carbocycles. The van der Waals surface area contributed by atoms with E-state index >= 15 is 0 Å². The quantitative estimate of drug-likeness (QED) is 0.546. The van der Waals surface area contributed by atoms with E-state index < -0.39 is 5.97 Å². The number of aromatic nitrogens is 2. The van der Waals surface area contributed by atoms with Gasteiger partial charge in [-0.05, 0) is 69.2 Å². The van der Waals surface area contributed by atoms with Gasteiger partial charge < -0.3 is 14.5 Å². The second-order valence-corrected chi connectivity index (χ2v) is 8.67. The normalized spacial score (nSPS) is 14.4. The number of carbonyl (C=O) groups is 1. The Labute approximate surface area is 187 Å². The molecule has 1 aliphatic rings. The van der Waals surface area contributed by atoms with Crippen LogP contribution in [0.1, 0.15) is 35.5 Å². The Balaban J connectivity index is 1.67. The number of rotatable bonds is 4. The second-order valence-electron chi connectivity index (χ2n) is 8.23. The maximum absolute atomic E-state index is 12.9. The van der Waals surface area contributed by atoms with Gasteiger partial charge in [-0.2, -0.15) is 0 Å². The third-order valence-corrected chi connectivity index (χ3v) is 5.79. The van der Waals surface area contributed by atoms with Crippen molar-refractivity contribution in [3.63, 3.8) is 0 Å². The summed E-state index contributed by atoms with van der Waals surface area (Å²) in [6.07, 6.45) is -0.225. The summed E-state index contributed by atoms with van der Waals surface area (Å²) in [6.45, 7) is 10.8. The highest BCUT2D eigenvalue weighted by molar-refractivity contribution is 6.30. The SMILES string of the molecule is Cc1cc2nc(C(=O)OC(C)C)c(N3CCN(c4cccc(Cl)c4)CC3)nc2cc1C. The third-order valence-electron chi connectivity index (χ3n) is 5.55. The van der Waals surface area contributed by atoms with E-state index in [0.29, 0.717) is 11.3 Å². The van der Waals surface area contributed by atoms with Crippen LogP contribution in [0.15, 0.2) is 36.4 Å². The maximum Gasteiger partial charge on any atom is 0.361 e. The molecule has 0 spiro atoms. The molecule has 0 unspecified atom stereocenters. The van der Waals surface area contributed by atoms with E-state index in [-0.39, 0.29) is 11.8 Å². The summed E-state index contributed by atoms with van der Waals surface area (Å²) in [4.78, 5) is 26.8. The van der Waals surface area contributed by atoms with Gasteiger partial charge in [-0.1, -0.05) is 17.7 Å². The number of hydrogen-bond donors (Lipinski definition) is 0. The molecule has 3 aromatic rings. The largest absolute Gasteiger partial charge is 0.458 e. The Morgan fingerprint density at radius 1 is 0.968 bits per heavy atom. The van der Waals surface area contributed by atoms with Crippen molar-refractivity contribution in [2.45, 2.75) is 33.8 Å². The topological polar surface area (TPSA) is 58.6 Å². The maximum atomic E-state index is 12.9. The molecule has 0 bridgehead atoms. The molecule has 0 saturated carbocycles. The number of anilines is 2. The standard InChI is InChI=1S/C24H27ClN4O2/c1-15(2)31-24(30)22-23(27-21-13-17(4)16(3)12-20(21)26-22)29-10-8-28(9-11-29)19-7-5-6-18(25)14-19/h5-7,12-15H,8-11H2,1-4H3. The smallest absolute Gasteiger partial charge is 0.361 e. The molecule has 0 aliphatic carbocycles. The van der Waals surface area contributed by atoms with Crippen molar-refractivity contribution in [2.24, 2.45) is 0 Å². The van der Waals surface area contributed by atoms with Crippen LogP contribution in [0.2, 0.25) is 5.02 Å². The molecule has 162 valence electrons. The van der Waals surface area contributed by atoms with Gasteiger partial charge in [-0.15, -0.1) is 0 Å². The monoisotopic (exact) mass is 438 g/mol. The molecule has 0 atom stereocenters. The van der Waals surface area contributed by atoms with E-state index in [2.05, 4.69) is 27.8 Å². The summed E-state index contributed by atoms with van der Waals surface area (Å²) >= 11 is 6.16. The van der Waals surface area contributed by atoms with Gasteiger partial charge in [0.1, 0.15) is 0 Å². The number of esters is 1. The molecule has 0 radical (unpaired) electrons. The van der Waals surface area contributed by atoms with Gasteiger partial charge >= 0.3 is 5.97 Å². The predicted molar refractivity (Wildman–Crippen MR) is 125 cm³/mol. The van der Waals surface area contributed by atoms with Crippen molar-refractivity contribution in [3.05, 3.63) is 58.2 Å².